The number of nitrogens with zero attached hydrogens (tertiary/aromatic N) is 6. The van der Waals surface area contributed by atoms with Crippen LogP contribution in [0.5, 0.6) is 0 Å². The van der Waals surface area contributed by atoms with E-state index < -0.39 is 108 Å². The molecule has 2 unspecified atom stereocenters. The van der Waals surface area contributed by atoms with Crippen LogP contribution in [0.4, 0.5) is 4.39 Å². The zero-order chi connectivity index (χ0) is 55.2. The summed E-state index contributed by atoms with van der Waals surface area (Å²) in [6, 6.07) is 6.90. The van der Waals surface area contributed by atoms with E-state index in [1.54, 1.807) is 45.9 Å². The van der Waals surface area contributed by atoms with Crippen LogP contribution in [0.15, 0.2) is 30.5 Å². The van der Waals surface area contributed by atoms with E-state index >= 15 is 0 Å². The Morgan fingerprint density at radius 2 is 1.64 bits per heavy atom. The van der Waals surface area contributed by atoms with Crippen LogP contribution in [0.25, 0.3) is 0 Å². The van der Waals surface area contributed by atoms with E-state index in [2.05, 4.69) is 39.3 Å². The van der Waals surface area contributed by atoms with Crippen LogP contribution in [-0.4, -0.2) is 208 Å². The first-order chi connectivity index (χ1) is 35.4. The number of hydrogen-bond acceptors (Lipinski definition) is 17. The Hall–Kier alpha value is -2.76. The van der Waals surface area contributed by atoms with Gasteiger partial charge < -0.3 is 63.4 Å². The predicted molar refractivity (Wildman–Crippen MR) is 281 cm³/mol. The molecule has 0 spiro atoms. The Bertz CT molecular complexity index is 2060. The smallest absolute Gasteiger partial charge is 0.309 e. The molecule has 19 atom stereocenters. The van der Waals surface area contributed by atoms with Crippen molar-refractivity contribution in [2.24, 2.45) is 23.7 Å². The summed E-state index contributed by atoms with van der Waals surface area (Å²) < 4.78 is 60.5. The van der Waals surface area contributed by atoms with Gasteiger partial charge in [0.15, 0.2) is 6.29 Å². The first-order valence-corrected chi connectivity index (χ1v) is 27.7. The van der Waals surface area contributed by atoms with Gasteiger partial charge in [-0.15, -0.1) is 5.10 Å². The van der Waals surface area contributed by atoms with E-state index in [1.807, 2.05) is 65.6 Å². The Labute approximate surface area is 446 Å². The number of benzene rings is 1. The minimum absolute atomic E-state index is 0.00868. The Morgan fingerprint density at radius 1 is 0.960 bits per heavy atom. The van der Waals surface area contributed by atoms with Gasteiger partial charge in [-0.2, -0.15) is 0 Å². The van der Waals surface area contributed by atoms with E-state index in [0.717, 1.165) is 50.5 Å². The molecule has 1 aromatic carbocycles. The molecular weight excluding hydrogens is 968 g/mol. The molecule has 4 saturated heterocycles. The second-order valence-corrected chi connectivity index (χ2v) is 23.6. The number of aliphatic hydroxyl groups excluding tert-OH is 2. The van der Waals surface area contributed by atoms with Crippen molar-refractivity contribution in [3.05, 3.63) is 47.3 Å². The summed E-state index contributed by atoms with van der Waals surface area (Å²) in [6.07, 6.45) is -2.75. The number of cyclic esters (lactones) is 1. The largest absolute Gasteiger partial charge is 0.459 e. The van der Waals surface area contributed by atoms with E-state index in [4.69, 9.17) is 33.2 Å². The lowest BCUT2D eigenvalue weighted by Crippen LogP contribution is -2.61. The quantitative estimate of drug-likeness (QED) is 0.161. The summed E-state index contributed by atoms with van der Waals surface area (Å²) in [6.45, 7) is 22.8. The van der Waals surface area contributed by atoms with Crippen molar-refractivity contribution >= 4 is 5.97 Å². The van der Waals surface area contributed by atoms with Gasteiger partial charge in [0.2, 0.25) is 0 Å². The molecule has 18 nitrogen and oxygen atoms in total. The van der Waals surface area contributed by atoms with Crippen LogP contribution >= 0.6 is 0 Å². The van der Waals surface area contributed by atoms with Crippen LogP contribution in [-0.2, 0) is 50.9 Å². The monoisotopic (exact) mass is 1060 g/mol. The number of esters is 1. The lowest BCUT2D eigenvalue weighted by atomic mass is 9.68. The summed E-state index contributed by atoms with van der Waals surface area (Å²) in [7, 11) is 7.08. The molecule has 19 heteroatoms. The van der Waals surface area contributed by atoms with Crippen LogP contribution in [0.3, 0.4) is 0 Å². The molecule has 75 heavy (non-hydrogen) atoms. The molecule has 0 amide bonds. The fourth-order valence-corrected chi connectivity index (χ4v) is 12.9. The number of carbonyl (C=O) groups excluding carboxylic acids is 1. The number of hydrogen-bond donors (Lipinski definition) is 4. The molecule has 2 aromatic rings. The maximum Gasteiger partial charge on any atom is 0.309 e. The molecule has 4 aliphatic rings. The third-order valence-electron chi connectivity index (χ3n) is 17.6. The summed E-state index contributed by atoms with van der Waals surface area (Å²) in [5, 5.41) is 56.8. The molecule has 1 aromatic heterocycles. The molecule has 6 rings (SSSR count). The molecule has 0 radical (unpaired) electrons. The number of likely N-dealkylation sites (N-methyl/N-ethyl adjacent to an activating group) is 2. The number of aliphatic hydroxyl groups is 4. The van der Waals surface area contributed by atoms with E-state index in [9.17, 15) is 29.6 Å². The van der Waals surface area contributed by atoms with Gasteiger partial charge in [0, 0.05) is 90.4 Å². The van der Waals surface area contributed by atoms with Crippen LogP contribution in [0.1, 0.15) is 130 Å². The van der Waals surface area contributed by atoms with Crippen molar-refractivity contribution < 1.29 is 62.8 Å². The normalized spacial score (nSPS) is 39.4. The first kappa shape index (κ1) is 61.5. The number of carbonyl (C=O) groups is 1. The van der Waals surface area contributed by atoms with Crippen LogP contribution in [0, 0.1) is 23.7 Å². The molecule has 5 heterocycles. The molecule has 0 saturated carbocycles. The highest BCUT2D eigenvalue weighted by molar-refractivity contribution is 5.73. The number of aromatic nitrogens is 3. The van der Waals surface area contributed by atoms with Gasteiger partial charge in [0.05, 0.1) is 60.4 Å². The number of rotatable bonds is 16. The van der Waals surface area contributed by atoms with Gasteiger partial charge in [-0.1, -0.05) is 57.2 Å². The van der Waals surface area contributed by atoms with Crippen molar-refractivity contribution in [1.82, 2.24) is 29.7 Å². The molecule has 0 bridgehead atoms. The second kappa shape index (κ2) is 26.5. The molecular formula is C56H95FN6O12. The maximum absolute atomic E-state index is 14.9. The second-order valence-electron chi connectivity index (χ2n) is 23.6. The topological polar surface area (TPSA) is 203 Å². The van der Waals surface area contributed by atoms with Gasteiger partial charge in [0.1, 0.15) is 42.7 Å². The minimum Gasteiger partial charge on any atom is -0.459 e. The summed E-state index contributed by atoms with van der Waals surface area (Å²) in [5.41, 5.74) is -1.56. The van der Waals surface area contributed by atoms with Gasteiger partial charge in [-0.3, -0.25) is 9.69 Å². The lowest BCUT2D eigenvalue weighted by Gasteiger charge is -2.51. The van der Waals surface area contributed by atoms with Gasteiger partial charge in [0.25, 0.3) is 0 Å². The van der Waals surface area contributed by atoms with Crippen LogP contribution in [0.2, 0.25) is 0 Å². The number of halogens is 1. The maximum atomic E-state index is 14.9. The number of alkyl halides is 1. The highest BCUT2D eigenvalue weighted by Crippen LogP contribution is 2.45. The highest BCUT2D eigenvalue weighted by Gasteiger charge is 2.54. The Balaban J connectivity index is 1.22. The highest BCUT2D eigenvalue weighted by atomic mass is 19.1. The van der Waals surface area contributed by atoms with E-state index in [0.29, 0.717) is 25.9 Å². The summed E-state index contributed by atoms with van der Waals surface area (Å²) in [4.78, 5) is 21.2. The Kier molecular flexibility index (Phi) is 21.7. The average Bonchev–Trinajstić information content (AvgIpc) is 3.85. The minimum atomic E-state index is -1.80. The molecule has 4 fully saturated rings. The molecule has 4 N–H and O–H groups in total. The molecule has 0 aliphatic carbocycles. The molecule has 428 valence electrons. The third-order valence-corrected chi connectivity index (χ3v) is 17.6. The van der Waals surface area contributed by atoms with Crippen molar-refractivity contribution in [3.63, 3.8) is 0 Å². The fraction of sp³-hybridized carbons (Fsp3) is 0.839. The van der Waals surface area contributed by atoms with Crippen molar-refractivity contribution in [1.29, 1.82) is 0 Å². The van der Waals surface area contributed by atoms with Gasteiger partial charge >= 0.3 is 5.97 Å². The number of methoxy groups -OCH3 is 2. The van der Waals surface area contributed by atoms with Gasteiger partial charge in [-0.25, -0.2) is 9.07 Å². The number of morpholine rings is 1. The zero-order valence-electron chi connectivity index (χ0n) is 47.6. The summed E-state index contributed by atoms with van der Waals surface area (Å²) >= 11 is 0. The molecule has 4 aliphatic heterocycles. The fourth-order valence-electron chi connectivity index (χ4n) is 12.9. The van der Waals surface area contributed by atoms with Crippen LogP contribution < -0.4 is 0 Å². The van der Waals surface area contributed by atoms with Crippen molar-refractivity contribution in [2.45, 2.75) is 204 Å². The third kappa shape index (κ3) is 14.7. The van der Waals surface area contributed by atoms with Gasteiger partial charge in [-0.05, 0) is 97.9 Å². The number of ether oxygens (including phenoxy) is 7. The predicted octanol–water partition coefficient (Wildman–Crippen LogP) is 5.14. The van der Waals surface area contributed by atoms with Crippen molar-refractivity contribution in [3.8, 4) is 0 Å². The summed E-state index contributed by atoms with van der Waals surface area (Å²) in [5.74, 6) is -2.84. The first-order valence-electron chi connectivity index (χ1n) is 27.7. The standard InChI is InChI=1S/C56H95FN6O12/c1-15-46-56(10,68)50(64)38(6)61(12)31-34(2)28-54(8,67)52(36(4)48(37(5)53(66)74-46)45-29-55(9,70-14)51(65)39(7)73-45)75-47-27-43(26-35(3)72-47)60(11)21-20-42-33-63(59-58-42)44(30-57)49(69-13)41-18-16-40(17-19-41)32-62-22-24-71-25-23-62/h16-19,33-39,43-52,64-65,67-68H,15,20-32H2,1-14H3/t34-,35-,36+,37-,38-,39+,43+,44-,45-,46-,47+,48?,49?,50-,51+,52-,54-,55-,56-/m1/s1. The lowest BCUT2D eigenvalue weighted by molar-refractivity contribution is -0.275. The SMILES string of the molecule is CC[C@H]1OC(=O)[C@H](C)C([C@H]2C[C@@](C)(OC)[C@@H](O)[C@H](C)O2)[C@H](C)[C@@H](O[C@H]2C[C@@H](N(C)CCc3cn([C@H](CF)C(OC)c4ccc(CN5CCOCC5)cc4)nn3)C[C@@H](C)O2)[C@](C)(O)C[C@@H](C)CN(C)[C@H](C)[C@@H](O)[C@]1(C)O. The Morgan fingerprint density at radius 3 is 2.27 bits per heavy atom. The van der Waals surface area contributed by atoms with Crippen molar-refractivity contribution in [2.75, 3.05) is 74.4 Å². The van der Waals surface area contributed by atoms with E-state index in [-0.39, 0.29) is 37.3 Å². The van der Waals surface area contributed by atoms with E-state index in [1.165, 1.54) is 12.5 Å². The zero-order valence-corrected chi connectivity index (χ0v) is 47.6. The average molecular weight is 1060 g/mol.